The number of nitrogens with zero attached hydrogens (tertiary/aromatic N) is 1. The smallest absolute Gasteiger partial charge is 0.162 e. The Morgan fingerprint density at radius 2 is 2.00 bits per heavy atom. The summed E-state index contributed by atoms with van der Waals surface area (Å²) in [4.78, 5) is 15.5. The van der Waals surface area contributed by atoms with E-state index in [9.17, 15) is 4.79 Å². The maximum atomic E-state index is 10.6. The van der Waals surface area contributed by atoms with E-state index in [1.807, 2.05) is 12.1 Å². The molecule has 0 saturated heterocycles. The van der Waals surface area contributed by atoms with Crippen LogP contribution in [0.5, 0.6) is 0 Å². The SMILES string of the molecule is O=Cc1sc(-c2ccc(Cl)cc2)nc1Br. The number of hydrogen-bond acceptors (Lipinski definition) is 3. The third-order valence-electron chi connectivity index (χ3n) is 1.81. The van der Waals surface area contributed by atoms with Gasteiger partial charge in [0.25, 0.3) is 0 Å². The highest BCUT2D eigenvalue weighted by atomic mass is 79.9. The van der Waals surface area contributed by atoms with Crippen molar-refractivity contribution in [2.45, 2.75) is 0 Å². The highest BCUT2D eigenvalue weighted by Crippen LogP contribution is 2.30. The molecule has 15 heavy (non-hydrogen) atoms. The molecule has 0 aliphatic rings. The third kappa shape index (κ3) is 2.27. The van der Waals surface area contributed by atoms with Crippen molar-refractivity contribution >= 4 is 45.2 Å². The van der Waals surface area contributed by atoms with Gasteiger partial charge >= 0.3 is 0 Å². The lowest BCUT2D eigenvalue weighted by atomic mass is 10.2. The summed E-state index contributed by atoms with van der Waals surface area (Å²) in [5.41, 5.74) is 0.957. The zero-order valence-electron chi connectivity index (χ0n) is 7.41. The minimum absolute atomic E-state index is 0.590. The monoisotopic (exact) mass is 301 g/mol. The van der Waals surface area contributed by atoms with Crippen LogP contribution in [0, 0.1) is 0 Å². The van der Waals surface area contributed by atoms with E-state index in [1.165, 1.54) is 11.3 Å². The Balaban J connectivity index is 2.45. The lowest BCUT2D eigenvalue weighted by molar-refractivity contribution is 0.112. The Morgan fingerprint density at radius 1 is 1.33 bits per heavy atom. The molecule has 2 nitrogen and oxygen atoms in total. The fourth-order valence-electron chi connectivity index (χ4n) is 1.10. The van der Waals surface area contributed by atoms with Crippen molar-refractivity contribution in [1.82, 2.24) is 4.98 Å². The van der Waals surface area contributed by atoms with E-state index in [-0.39, 0.29) is 0 Å². The van der Waals surface area contributed by atoms with Gasteiger partial charge in [-0.05, 0) is 28.1 Å². The van der Waals surface area contributed by atoms with Crippen LogP contribution in [-0.4, -0.2) is 11.3 Å². The van der Waals surface area contributed by atoms with E-state index in [4.69, 9.17) is 11.6 Å². The molecule has 0 bridgehead atoms. The molecule has 0 aliphatic heterocycles. The molecule has 1 aromatic heterocycles. The van der Waals surface area contributed by atoms with Crippen molar-refractivity contribution in [3.63, 3.8) is 0 Å². The number of benzene rings is 1. The first-order chi connectivity index (χ1) is 7.20. The summed E-state index contributed by atoms with van der Waals surface area (Å²) in [5, 5.41) is 1.49. The molecule has 5 heteroatoms. The number of carbonyl (C=O) groups excluding carboxylic acids is 1. The minimum atomic E-state index is 0.590. The fraction of sp³-hybridized carbons (Fsp3) is 0. The highest BCUT2D eigenvalue weighted by Gasteiger charge is 2.09. The maximum absolute atomic E-state index is 10.6. The van der Waals surface area contributed by atoms with E-state index >= 15 is 0 Å². The molecule has 0 aliphatic carbocycles. The summed E-state index contributed by atoms with van der Waals surface area (Å²) >= 11 is 10.4. The molecule has 2 aromatic rings. The topological polar surface area (TPSA) is 30.0 Å². The second kappa shape index (κ2) is 4.43. The zero-order valence-corrected chi connectivity index (χ0v) is 10.6. The second-order valence-electron chi connectivity index (χ2n) is 2.80. The first-order valence-corrected chi connectivity index (χ1v) is 6.07. The first kappa shape index (κ1) is 10.8. The normalized spacial score (nSPS) is 10.3. The number of aromatic nitrogens is 1. The molecule has 0 unspecified atom stereocenters. The number of rotatable bonds is 2. The summed E-state index contributed by atoms with van der Waals surface area (Å²) in [6, 6.07) is 7.35. The Hall–Kier alpha value is -0.710. The van der Waals surface area contributed by atoms with Gasteiger partial charge in [-0.1, -0.05) is 23.7 Å². The average Bonchev–Trinajstić information content (AvgIpc) is 2.61. The Morgan fingerprint density at radius 3 is 2.53 bits per heavy atom. The molecule has 1 aromatic carbocycles. The molecule has 2 rings (SSSR count). The van der Waals surface area contributed by atoms with Crippen LogP contribution in [0.15, 0.2) is 28.9 Å². The van der Waals surface area contributed by atoms with Gasteiger partial charge in [0.1, 0.15) is 14.5 Å². The predicted molar refractivity (Wildman–Crippen MR) is 65.6 cm³/mol. The minimum Gasteiger partial charge on any atom is -0.297 e. The van der Waals surface area contributed by atoms with E-state index in [1.54, 1.807) is 12.1 Å². The summed E-state index contributed by atoms with van der Waals surface area (Å²) < 4.78 is 0.590. The quantitative estimate of drug-likeness (QED) is 0.784. The number of thiazole rings is 1. The Labute approximate surface area is 104 Å². The summed E-state index contributed by atoms with van der Waals surface area (Å²) in [6.45, 7) is 0. The standard InChI is InChI=1S/C10H5BrClNOS/c11-9-8(5-14)15-10(13-9)6-1-3-7(12)4-2-6/h1-5H. The van der Waals surface area contributed by atoms with E-state index in [0.29, 0.717) is 14.5 Å². The highest BCUT2D eigenvalue weighted by molar-refractivity contribution is 9.10. The van der Waals surface area contributed by atoms with Crippen LogP contribution in [0.4, 0.5) is 0 Å². The summed E-state index contributed by atoms with van der Waals surface area (Å²) in [7, 11) is 0. The van der Waals surface area contributed by atoms with Crippen LogP contribution >= 0.6 is 38.9 Å². The maximum Gasteiger partial charge on any atom is 0.162 e. The molecular weight excluding hydrogens is 298 g/mol. The van der Waals surface area contributed by atoms with Gasteiger partial charge in [0.2, 0.25) is 0 Å². The molecule has 76 valence electrons. The molecule has 1 heterocycles. The number of aldehydes is 1. The van der Waals surface area contributed by atoms with Crippen molar-refractivity contribution in [3.8, 4) is 10.6 Å². The Bertz CT molecular complexity index is 495. The molecule has 0 spiro atoms. The van der Waals surface area contributed by atoms with Crippen molar-refractivity contribution in [2.24, 2.45) is 0 Å². The van der Waals surface area contributed by atoms with Crippen molar-refractivity contribution in [1.29, 1.82) is 0 Å². The molecule has 0 saturated carbocycles. The van der Waals surface area contributed by atoms with E-state index in [2.05, 4.69) is 20.9 Å². The zero-order chi connectivity index (χ0) is 10.8. The van der Waals surface area contributed by atoms with E-state index < -0.39 is 0 Å². The summed E-state index contributed by atoms with van der Waals surface area (Å²) in [5.74, 6) is 0. The van der Waals surface area contributed by atoms with Crippen LogP contribution in [0.25, 0.3) is 10.6 Å². The largest absolute Gasteiger partial charge is 0.297 e. The Kier molecular flexibility index (Phi) is 3.19. The average molecular weight is 303 g/mol. The van der Waals surface area contributed by atoms with Crippen LogP contribution in [-0.2, 0) is 0 Å². The predicted octanol–water partition coefficient (Wildman–Crippen LogP) is 4.04. The molecule has 0 radical (unpaired) electrons. The molecule has 0 N–H and O–H groups in total. The van der Waals surface area contributed by atoms with Crippen LogP contribution < -0.4 is 0 Å². The van der Waals surface area contributed by atoms with Crippen LogP contribution in [0.1, 0.15) is 9.67 Å². The van der Waals surface area contributed by atoms with Gasteiger partial charge < -0.3 is 0 Å². The van der Waals surface area contributed by atoms with E-state index in [0.717, 1.165) is 16.9 Å². The summed E-state index contributed by atoms with van der Waals surface area (Å²) in [6.07, 6.45) is 0.793. The second-order valence-corrected chi connectivity index (χ2v) is 5.02. The molecule has 0 atom stereocenters. The molecule has 0 amide bonds. The van der Waals surface area contributed by atoms with Gasteiger partial charge in [0, 0.05) is 10.6 Å². The van der Waals surface area contributed by atoms with Gasteiger partial charge in [-0.15, -0.1) is 11.3 Å². The van der Waals surface area contributed by atoms with Gasteiger partial charge in [-0.2, -0.15) is 0 Å². The van der Waals surface area contributed by atoms with Crippen LogP contribution in [0.2, 0.25) is 5.02 Å². The fourth-order valence-corrected chi connectivity index (χ4v) is 2.64. The lowest BCUT2D eigenvalue weighted by Crippen LogP contribution is -1.74. The van der Waals surface area contributed by atoms with Crippen molar-refractivity contribution in [2.75, 3.05) is 0 Å². The van der Waals surface area contributed by atoms with Crippen molar-refractivity contribution < 1.29 is 4.79 Å². The molecule has 0 fully saturated rings. The number of carbonyl (C=O) groups is 1. The third-order valence-corrected chi connectivity index (χ3v) is 3.96. The number of halogens is 2. The molecular formula is C10H5BrClNOS. The first-order valence-electron chi connectivity index (χ1n) is 4.08. The van der Waals surface area contributed by atoms with Gasteiger partial charge in [-0.3, -0.25) is 4.79 Å². The van der Waals surface area contributed by atoms with Crippen molar-refractivity contribution in [3.05, 3.63) is 38.8 Å². The van der Waals surface area contributed by atoms with Crippen LogP contribution in [0.3, 0.4) is 0 Å². The van der Waals surface area contributed by atoms with Gasteiger partial charge in [0.15, 0.2) is 6.29 Å². The van der Waals surface area contributed by atoms with Gasteiger partial charge in [0.05, 0.1) is 0 Å². The number of hydrogen-bond donors (Lipinski definition) is 0. The van der Waals surface area contributed by atoms with Gasteiger partial charge in [-0.25, -0.2) is 4.98 Å². The lowest BCUT2D eigenvalue weighted by Gasteiger charge is -1.94.